The van der Waals surface area contributed by atoms with E-state index in [2.05, 4.69) is 0 Å². The minimum atomic E-state index is -0.811. The van der Waals surface area contributed by atoms with E-state index in [1.54, 1.807) is 60.7 Å². The molecular weight excluding hydrogens is 366 g/mol. The summed E-state index contributed by atoms with van der Waals surface area (Å²) in [4.78, 5) is 27.5. The van der Waals surface area contributed by atoms with Crippen molar-refractivity contribution in [3.8, 4) is 5.75 Å². The van der Waals surface area contributed by atoms with Gasteiger partial charge in [-0.3, -0.25) is 14.5 Å². The molecule has 1 unspecified atom stereocenters. The van der Waals surface area contributed by atoms with Crippen LogP contribution in [0.5, 0.6) is 5.75 Å². The van der Waals surface area contributed by atoms with Crippen LogP contribution in [0.4, 0.5) is 5.69 Å². The highest BCUT2D eigenvalue weighted by Crippen LogP contribution is 2.44. The van der Waals surface area contributed by atoms with Crippen molar-refractivity contribution in [3.63, 3.8) is 0 Å². The number of anilines is 1. The van der Waals surface area contributed by atoms with Gasteiger partial charge in [0.15, 0.2) is 0 Å². The molecule has 3 aromatic carbocycles. The van der Waals surface area contributed by atoms with Gasteiger partial charge >= 0.3 is 0 Å². The Hall–Kier alpha value is -3.86. The van der Waals surface area contributed by atoms with Crippen LogP contribution >= 0.6 is 0 Å². The lowest BCUT2D eigenvalue weighted by molar-refractivity contribution is -0.132. The number of amides is 1. The molecule has 0 aliphatic carbocycles. The van der Waals surface area contributed by atoms with Crippen LogP contribution in [0, 0.1) is 0 Å². The van der Waals surface area contributed by atoms with Gasteiger partial charge in [-0.05, 0) is 18.2 Å². The first-order chi connectivity index (χ1) is 14.1. The van der Waals surface area contributed by atoms with Gasteiger partial charge in [0.05, 0.1) is 18.7 Å². The highest BCUT2D eigenvalue weighted by atomic mass is 16.5. The first kappa shape index (κ1) is 18.5. The lowest BCUT2D eigenvalue weighted by atomic mass is 9.94. The fraction of sp³-hybridized carbons (Fsp3) is 0.0833. The molecule has 0 aromatic heterocycles. The standard InChI is InChI=1S/C24H19NO4/c1-29-19-15-9-8-14-18(19)21-20(22(26)16-10-4-2-5-11-16)23(27)24(28)25(21)17-12-6-3-7-13-17/h2-15,21,26H,1H3/b22-20-. The highest BCUT2D eigenvalue weighted by Gasteiger charge is 2.47. The van der Waals surface area contributed by atoms with Crippen molar-refractivity contribution >= 4 is 23.1 Å². The second-order valence-electron chi connectivity index (χ2n) is 6.61. The van der Waals surface area contributed by atoms with E-state index in [4.69, 9.17) is 4.74 Å². The minimum absolute atomic E-state index is 0.0366. The van der Waals surface area contributed by atoms with E-state index in [1.165, 1.54) is 12.0 Å². The lowest BCUT2D eigenvalue weighted by Crippen LogP contribution is -2.29. The number of benzene rings is 3. The third kappa shape index (κ3) is 3.17. The largest absolute Gasteiger partial charge is 0.507 e. The van der Waals surface area contributed by atoms with E-state index in [0.29, 0.717) is 22.6 Å². The number of carbonyl (C=O) groups excluding carboxylic acids is 2. The summed E-state index contributed by atoms with van der Waals surface area (Å²) in [6.07, 6.45) is 0. The van der Waals surface area contributed by atoms with Crippen LogP contribution in [0.3, 0.4) is 0 Å². The van der Waals surface area contributed by atoms with Crippen molar-refractivity contribution in [1.29, 1.82) is 0 Å². The summed E-state index contributed by atoms with van der Waals surface area (Å²) in [6.45, 7) is 0. The Morgan fingerprint density at radius 1 is 0.862 bits per heavy atom. The smallest absolute Gasteiger partial charge is 0.300 e. The molecule has 0 bridgehead atoms. The number of nitrogens with zero attached hydrogens (tertiary/aromatic N) is 1. The van der Waals surface area contributed by atoms with Gasteiger partial charge in [0.25, 0.3) is 11.7 Å². The highest BCUT2D eigenvalue weighted by molar-refractivity contribution is 6.51. The van der Waals surface area contributed by atoms with Gasteiger partial charge in [-0.1, -0.05) is 66.7 Å². The fourth-order valence-corrected chi connectivity index (χ4v) is 3.63. The predicted octanol–water partition coefficient (Wildman–Crippen LogP) is 4.32. The fourth-order valence-electron chi connectivity index (χ4n) is 3.63. The molecule has 1 N–H and O–H groups in total. The zero-order chi connectivity index (χ0) is 20.4. The third-order valence-corrected chi connectivity index (χ3v) is 4.96. The van der Waals surface area contributed by atoms with E-state index in [0.717, 1.165) is 0 Å². The summed E-state index contributed by atoms with van der Waals surface area (Å²) in [5, 5.41) is 11.0. The van der Waals surface area contributed by atoms with Crippen molar-refractivity contribution in [1.82, 2.24) is 0 Å². The molecule has 1 atom stereocenters. The van der Waals surface area contributed by atoms with Crippen LogP contribution in [0.2, 0.25) is 0 Å². The Balaban J connectivity index is 1.99. The van der Waals surface area contributed by atoms with Gasteiger partial charge in [-0.15, -0.1) is 0 Å². The number of ketones is 1. The molecule has 1 heterocycles. The van der Waals surface area contributed by atoms with Gasteiger partial charge in [0.1, 0.15) is 11.5 Å². The van der Waals surface area contributed by atoms with Crippen LogP contribution < -0.4 is 9.64 Å². The Bertz CT molecular complexity index is 1090. The van der Waals surface area contributed by atoms with Gasteiger partial charge in [-0.25, -0.2) is 0 Å². The Morgan fingerprint density at radius 3 is 2.10 bits per heavy atom. The number of carbonyl (C=O) groups is 2. The van der Waals surface area contributed by atoms with Crippen LogP contribution in [-0.4, -0.2) is 23.9 Å². The van der Waals surface area contributed by atoms with E-state index < -0.39 is 17.7 Å². The molecule has 5 nitrogen and oxygen atoms in total. The molecule has 4 rings (SSSR count). The van der Waals surface area contributed by atoms with Crippen LogP contribution in [-0.2, 0) is 9.59 Å². The second kappa shape index (κ2) is 7.64. The third-order valence-electron chi connectivity index (χ3n) is 4.96. The maximum absolute atomic E-state index is 13.0. The molecule has 1 fully saturated rings. The van der Waals surface area contributed by atoms with Gasteiger partial charge in [0.2, 0.25) is 0 Å². The van der Waals surface area contributed by atoms with Crippen LogP contribution in [0.1, 0.15) is 17.2 Å². The van der Waals surface area contributed by atoms with Crippen molar-refractivity contribution in [2.45, 2.75) is 6.04 Å². The summed E-state index contributed by atoms with van der Waals surface area (Å²) < 4.78 is 5.49. The lowest BCUT2D eigenvalue weighted by Gasteiger charge is -2.26. The molecule has 0 saturated carbocycles. The van der Waals surface area contributed by atoms with Crippen molar-refractivity contribution in [2.24, 2.45) is 0 Å². The number of Topliss-reactive ketones (excluding diaryl/α,β-unsaturated/α-hetero) is 1. The van der Waals surface area contributed by atoms with Crippen molar-refractivity contribution < 1.29 is 19.4 Å². The predicted molar refractivity (Wildman–Crippen MR) is 111 cm³/mol. The van der Waals surface area contributed by atoms with E-state index in [1.807, 2.05) is 24.3 Å². The summed E-state index contributed by atoms with van der Waals surface area (Å²) >= 11 is 0. The summed E-state index contributed by atoms with van der Waals surface area (Å²) in [7, 11) is 1.53. The average molecular weight is 385 g/mol. The summed E-state index contributed by atoms with van der Waals surface area (Å²) in [5.41, 5.74) is 1.70. The maximum atomic E-state index is 13.0. The molecule has 144 valence electrons. The number of rotatable bonds is 4. The number of ether oxygens (including phenoxy) is 1. The van der Waals surface area contributed by atoms with Gasteiger partial charge in [-0.2, -0.15) is 0 Å². The SMILES string of the molecule is COc1ccccc1C1/C(=C(/O)c2ccccc2)C(=O)C(=O)N1c1ccccc1. The molecule has 29 heavy (non-hydrogen) atoms. The molecule has 1 amide bonds. The number of hydrogen-bond acceptors (Lipinski definition) is 4. The topological polar surface area (TPSA) is 66.8 Å². The molecule has 0 spiro atoms. The molecule has 1 saturated heterocycles. The van der Waals surface area contributed by atoms with Gasteiger partial charge in [0, 0.05) is 16.8 Å². The molecule has 1 aliphatic heterocycles. The zero-order valence-electron chi connectivity index (χ0n) is 15.8. The first-order valence-electron chi connectivity index (χ1n) is 9.18. The summed E-state index contributed by atoms with van der Waals surface area (Å²) in [6, 6.07) is 24.1. The number of para-hydroxylation sites is 2. The van der Waals surface area contributed by atoms with E-state index >= 15 is 0 Å². The Labute approximate surface area is 168 Å². The van der Waals surface area contributed by atoms with Crippen LogP contribution in [0.25, 0.3) is 5.76 Å². The van der Waals surface area contributed by atoms with Crippen LogP contribution in [0.15, 0.2) is 90.5 Å². The van der Waals surface area contributed by atoms with Crippen molar-refractivity contribution in [2.75, 3.05) is 12.0 Å². The van der Waals surface area contributed by atoms with E-state index in [-0.39, 0.29) is 11.3 Å². The average Bonchev–Trinajstić information content (AvgIpc) is 3.05. The molecular formula is C24H19NO4. The summed E-state index contributed by atoms with van der Waals surface area (Å²) in [5.74, 6) is -1.10. The zero-order valence-corrected chi connectivity index (χ0v) is 15.8. The second-order valence-corrected chi connectivity index (χ2v) is 6.61. The maximum Gasteiger partial charge on any atom is 0.300 e. The molecule has 5 heteroatoms. The van der Waals surface area contributed by atoms with E-state index in [9.17, 15) is 14.7 Å². The number of hydrogen-bond donors (Lipinski definition) is 1. The first-order valence-corrected chi connectivity index (χ1v) is 9.18. The Kier molecular flexibility index (Phi) is 4.87. The monoisotopic (exact) mass is 385 g/mol. The number of aliphatic hydroxyl groups is 1. The normalized spacial score (nSPS) is 18.1. The molecule has 3 aromatic rings. The minimum Gasteiger partial charge on any atom is -0.507 e. The number of aliphatic hydroxyl groups excluding tert-OH is 1. The molecule has 1 aliphatic rings. The Morgan fingerprint density at radius 2 is 1.45 bits per heavy atom. The molecule has 0 radical (unpaired) electrons. The van der Waals surface area contributed by atoms with Gasteiger partial charge < -0.3 is 9.84 Å². The van der Waals surface area contributed by atoms with Crippen molar-refractivity contribution in [3.05, 3.63) is 102 Å². The number of methoxy groups -OCH3 is 1. The quantitative estimate of drug-likeness (QED) is 0.413.